The number of hydrogen-bond donors (Lipinski definition) is 2. The number of nitro benzene ring substituents is 1. The summed E-state index contributed by atoms with van der Waals surface area (Å²) in [4.78, 5) is 26.6. The number of carbonyl (C=O) groups is 1. The highest BCUT2D eigenvalue weighted by molar-refractivity contribution is 7.22. The number of aryl methyl sites for hydroxylation is 1. The first kappa shape index (κ1) is 15.8. The van der Waals surface area contributed by atoms with E-state index >= 15 is 0 Å². The zero-order valence-electron chi connectivity index (χ0n) is 12.4. The summed E-state index contributed by atoms with van der Waals surface area (Å²) in [5, 5.41) is 13.7. The van der Waals surface area contributed by atoms with E-state index in [0.717, 1.165) is 16.3 Å². The van der Waals surface area contributed by atoms with E-state index in [9.17, 15) is 19.3 Å². The van der Waals surface area contributed by atoms with Crippen molar-refractivity contribution in [2.75, 3.05) is 11.1 Å². The highest BCUT2D eigenvalue weighted by Crippen LogP contribution is 2.30. The van der Waals surface area contributed by atoms with Crippen LogP contribution >= 0.6 is 11.3 Å². The van der Waals surface area contributed by atoms with Crippen LogP contribution in [0.15, 0.2) is 30.3 Å². The second-order valence-electron chi connectivity index (χ2n) is 5.09. The molecule has 0 fully saturated rings. The first-order valence-electron chi connectivity index (χ1n) is 6.77. The number of nitrogens with one attached hydrogen (secondary N) is 1. The van der Waals surface area contributed by atoms with Gasteiger partial charge in [-0.2, -0.15) is 0 Å². The van der Waals surface area contributed by atoms with Gasteiger partial charge in [0, 0.05) is 0 Å². The summed E-state index contributed by atoms with van der Waals surface area (Å²) >= 11 is 1.24. The number of halogens is 1. The molecule has 2 aromatic carbocycles. The van der Waals surface area contributed by atoms with Gasteiger partial charge in [-0.3, -0.25) is 20.2 Å². The number of carbonyl (C=O) groups excluding carboxylic acids is 1. The van der Waals surface area contributed by atoms with E-state index in [-0.39, 0.29) is 5.56 Å². The number of nitrogens with two attached hydrogens (primary N) is 1. The van der Waals surface area contributed by atoms with Crippen molar-refractivity contribution in [3.63, 3.8) is 0 Å². The number of nitrogen functional groups attached to an aromatic ring is 1. The van der Waals surface area contributed by atoms with E-state index in [0.29, 0.717) is 16.7 Å². The van der Waals surface area contributed by atoms with Crippen molar-refractivity contribution >= 4 is 44.0 Å². The van der Waals surface area contributed by atoms with Crippen molar-refractivity contribution in [2.45, 2.75) is 6.92 Å². The fourth-order valence-corrected chi connectivity index (χ4v) is 3.15. The minimum atomic E-state index is -0.916. The molecule has 0 bridgehead atoms. The van der Waals surface area contributed by atoms with Crippen molar-refractivity contribution in [1.29, 1.82) is 0 Å². The molecule has 122 valence electrons. The lowest BCUT2D eigenvalue weighted by molar-refractivity contribution is -0.384. The third-order valence-electron chi connectivity index (χ3n) is 3.33. The van der Waals surface area contributed by atoms with Crippen LogP contribution in [0.5, 0.6) is 0 Å². The minimum absolute atomic E-state index is 0.298. The Hall–Kier alpha value is -3.07. The number of nitrogens with zero attached hydrogens (tertiary/aromatic N) is 2. The molecule has 0 unspecified atom stereocenters. The molecule has 0 spiro atoms. The normalized spacial score (nSPS) is 10.8. The van der Waals surface area contributed by atoms with Gasteiger partial charge in [-0.25, -0.2) is 9.37 Å². The number of benzene rings is 2. The average molecular weight is 346 g/mol. The summed E-state index contributed by atoms with van der Waals surface area (Å²) < 4.78 is 14.4. The van der Waals surface area contributed by atoms with Gasteiger partial charge in [0.1, 0.15) is 11.5 Å². The Morgan fingerprint density at radius 1 is 1.38 bits per heavy atom. The molecule has 0 saturated heterocycles. The zero-order chi connectivity index (χ0) is 17.4. The van der Waals surface area contributed by atoms with Gasteiger partial charge < -0.3 is 5.73 Å². The predicted octanol–water partition coefficient (Wildman–Crippen LogP) is 3.49. The molecule has 0 atom stereocenters. The maximum Gasteiger partial charge on any atom is 0.295 e. The molecule has 0 radical (unpaired) electrons. The number of fused-ring (bicyclic) bond motifs is 1. The molecule has 0 aliphatic rings. The summed E-state index contributed by atoms with van der Waals surface area (Å²) in [7, 11) is 0. The van der Waals surface area contributed by atoms with Crippen molar-refractivity contribution in [2.24, 2.45) is 0 Å². The van der Waals surface area contributed by atoms with Gasteiger partial charge in [0.25, 0.3) is 11.6 Å². The molecule has 0 aliphatic carbocycles. The number of thiazole rings is 1. The minimum Gasteiger partial charge on any atom is -0.393 e. The van der Waals surface area contributed by atoms with Crippen LogP contribution in [-0.2, 0) is 0 Å². The smallest absolute Gasteiger partial charge is 0.295 e. The van der Waals surface area contributed by atoms with Crippen LogP contribution in [0, 0.1) is 22.9 Å². The summed E-state index contributed by atoms with van der Waals surface area (Å²) in [6, 6.07) is 7.16. The lowest BCUT2D eigenvalue weighted by Crippen LogP contribution is -2.15. The van der Waals surface area contributed by atoms with Crippen LogP contribution < -0.4 is 11.1 Å². The molecule has 1 amide bonds. The predicted molar refractivity (Wildman–Crippen MR) is 89.8 cm³/mol. The Morgan fingerprint density at radius 3 is 2.83 bits per heavy atom. The first-order valence-corrected chi connectivity index (χ1v) is 7.59. The van der Waals surface area contributed by atoms with Crippen LogP contribution in [-0.4, -0.2) is 15.8 Å². The van der Waals surface area contributed by atoms with Gasteiger partial charge in [-0.05, 0) is 30.7 Å². The van der Waals surface area contributed by atoms with Gasteiger partial charge in [0.2, 0.25) is 0 Å². The summed E-state index contributed by atoms with van der Waals surface area (Å²) in [6.45, 7) is 1.93. The molecule has 0 aliphatic heterocycles. The van der Waals surface area contributed by atoms with Crippen LogP contribution in [0.3, 0.4) is 0 Å². The molecule has 7 nitrogen and oxygen atoms in total. The largest absolute Gasteiger partial charge is 0.393 e. The first-order chi connectivity index (χ1) is 11.3. The van der Waals surface area contributed by atoms with Crippen molar-refractivity contribution in [1.82, 2.24) is 4.98 Å². The van der Waals surface area contributed by atoms with Crippen LogP contribution in [0.2, 0.25) is 0 Å². The second kappa shape index (κ2) is 5.85. The van der Waals surface area contributed by atoms with E-state index in [1.165, 1.54) is 11.3 Å². The Labute approximate surface area is 139 Å². The third-order valence-corrected chi connectivity index (χ3v) is 4.26. The molecule has 3 N–H and O–H groups in total. The second-order valence-corrected chi connectivity index (χ2v) is 6.12. The molecule has 1 aromatic heterocycles. The number of nitro groups is 1. The highest BCUT2D eigenvalue weighted by Gasteiger charge is 2.22. The Kier molecular flexibility index (Phi) is 3.86. The molecule has 3 aromatic rings. The molecule has 3 rings (SSSR count). The molecule has 0 saturated carbocycles. The Bertz CT molecular complexity index is 986. The molecular weight excluding hydrogens is 335 g/mol. The maximum absolute atomic E-state index is 13.5. The van der Waals surface area contributed by atoms with Gasteiger partial charge >= 0.3 is 0 Å². The monoisotopic (exact) mass is 346 g/mol. The van der Waals surface area contributed by atoms with Crippen molar-refractivity contribution in [3.8, 4) is 0 Å². The van der Waals surface area contributed by atoms with Gasteiger partial charge in [0.05, 0.1) is 26.8 Å². The quantitative estimate of drug-likeness (QED) is 0.428. The third kappa shape index (κ3) is 2.88. The van der Waals surface area contributed by atoms with Gasteiger partial charge in [0.15, 0.2) is 5.13 Å². The lowest BCUT2D eigenvalue weighted by Gasteiger charge is -2.06. The van der Waals surface area contributed by atoms with Gasteiger partial charge in [-0.1, -0.05) is 17.4 Å². The number of aromatic nitrogens is 1. The maximum atomic E-state index is 13.5. The van der Waals surface area contributed by atoms with Gasteiger partial charge in [-0.15, -0.1) is 0 Å². The average Bonchev–Trinajstić information content (AvgIpc) is 2.90. The summed E-state index contributed by atoms with van der Waals surface area (Å²) in [5.41, 5.74) is 6.02. The van der Waals surface area contributed by atoms with Crippen LogP contribution in [0.1, 0.15) is 15.9 Å². The summed E-state index contributed by atoms with van der Waals surface area (Å²) in [5.74, 6) is -1.67. The lowest BCUT2D eigenvalue weighted by atomic mass is 10.1. The van der Waals surface area contributed by atoms with Crippen LogP contribution in [0.4, 0.5) is 20.9 Å². The van der Waals surface area contributed by atoms with E-state index in [1.54, 1.807) is 0 Å². The zero-order valence-corrected chi connectivity index (χ0v) is 13.2. The van der Waals surface area contributed by atoms with E-state index in [1.807, 2.05) is 25.1 Å². The van der Waals surface area contributed by atoms with Crippen molar-refractivity contribution < 1.29 is 14.1 Å². The SMILES string of the molecule is Cc1ccc2nc(NC(=O)c3cc(F)cc([N+](=O)[O-])c3N)sc2c1. The molecule has 1 heterocycles. The van der Waals surface area contributed by atoms with E-state index in [2.05, 4.69) is 10.3 Å². The topological polar surface area (TPSA) is 111 Å². The number of anilines is 2. The fourth-order valence-electron chi connectivity index (χ4n) is 2.19. The number of rotatable bonds is 3. The van der Waals surface area contributed by atoms with E-state index in [4.69, 9.17) is 5.73 Å². The Balaban J connectivity index is 1.95. The standard InChI is InChI=1S/C15H11FN4O3S/c1-7-2-3-10-12(4-7)24-15(18-10)19-14(21)9-5-8(16)6-11(13(9)17)20(22)23/h2-6H,17H2,1H3,(H,18,19,21). The molecule has 24 heavy (non-hydrogen) atoms. The summed E-state index contributed by atoms with van der Waals surface area (Å²) in [6.07, 6.45) is 0. The number of amides is 1. The van der Waals surface area contributed by atoms with Crippen LogP contribution in [0.25, 0.3) is 10.2 Å². The fraction of sp³-hybridized carbons (Fsp3) is 0.0667. The molecular formula is C15H11FN4O3S. The number of hydrogen-bond acceptors (Lipinski definition) is 6. The Morgan fingerprint density at radius 2 is 2.12 bits per heavy atom. The van der Waals surface area contributed by atoms with E-state index < -0.39 is 28.0 Å². The van der Waals surface area contributed by atoms with Crippen molar-refractivity contribution in [3.05, 3.63) is 57.4 Å². The highest BCUT2D eigenvalue weighted by atomic mass is 32.1. The molecule has 9 heteroatoms.